The average Bonchev–Trinajstić information content (AvgIpc) is 2.10. The molecule has 0 aromatic rings. The summed E-state index contributed by atoms with van der Waals surface area (Å²) in [5.41, 5.74) is 10.8. The highest BCUT2D eigenvalue weighted by molar-refractivity contribution is 5.81. The third-order valence-electron chi connectivity index (χ3n) is 1.65. The highest BCUT2D eigenvalue weighted by Crippen LogP contribution is 1.97. The van der Waals surface area contributed by atoms with Crippen molar-refractivity contribution < 1.29 is 4.79 Å². The molecule has 0 radical (unpaired) electrons. The molecule has 0 saturated heterocycles. The quantitative estimate of drug-likeness (QED) is 0.510. The van der Waals surface area contributed by atoms with E-state index in [1.807, 2.05) is 0 Å². The van der Waals surface area contributed by atoms with Crippen molar-refractivity contribution in [2.45, 2.75) is 32.2 Å². The lowest BCUT2D eigenvalue weighted by atomic mass is 10.1. The van der Waals surface area contributed by atoms with Crippen molar-refractivity contribution in [3.05, 3.63) is 0 Å². The summed E-state index contributed by atoms with van der Waals surface area (Å²) in [6, 6.07) is -0.364. The van der Waals surface area contributed by atoms with Crippen LogP contribution in [0, 0.1) is 0 Å². The number of nitrogens with one attached hydrogen (secondary N) is 1. The van der Waals surface area contributed by atoms with Crippen LogP contribution in [-0.4, -0.2) is 25.0 Å². The highest BCUT2D eigenvalue weighted by atomic mass is 16.2. The number of nitrogens with two attached hydrogens (primary N) is 2. The molecule has 0 aliphatic heterocycles. The molecule has 1 amide bonds. The van der Waals surface area contributed by atoms with Crippen LogP contribution in [0.1, 0.15) is 26.2 Å². The summed E-state index contributed by atoms with van der Waals surface area (Å²) in [7, 11) is 0. The first kappa shape index (κ1) is 11.4. The van der Waals surface area contributed by atoms with Gasteiger partial charge in [0.25, 0.3) is 0 Å². The van der Waals surface area contributed by atoms with Crippen LogP contribution in [0.15, 0.2) is 0 Å². The minimum Gasteiger partial charge on any atom is -0.353 e. The maximum atomic E-state index is 11.1. The fourth-order valence-electron chi connectivity index (χ4n) is 0.882. The molecule has 0 aromatic carbocycles. The molecule has 0 unspecified atom stereocenters. The molecule has 1 atom stereocenters. The first-order valence-corrected chi connectivity index (χ1v) is 4.45. The van der Waals surface area contributed by atoms with Crippen molar-refractivity contribution >= 4 is 5.91 Å². The van der Waals surface area contributed by atoms with Crippen molar-refractivity contribution in [2.24, 2.45) is 11.5 Å². The summed E-state index contributed by atoms with van der Waals surface area (Å²) >= 11 is 0. The molecule has 0 fully saturated rings. The zero-order valence-corrected chi connectivity index (χ0v) is 7.68. The molecule has 0 aliphatic rings. The number of unbranched alkanes of at least 4 members (excludes halogenated alkanes) is 1. The lowest BCUT2D eigenvalue weighted by molar-refractivity contribution is -0.122. The van der Waals surface area contributed by atoms with Crippen molar-refractivity contribution in [2.75, 3.05) is 13.1 Å². The summed E-state index contributed by atoms with van der Waals surface area (Å²) < 4.78 is 0. The van der Waals surface area contributed by atoms with E-state index in [9.17, 15) is 4.79 Å². The molecule has 12 heavy (non-hydrogen) atoms. The summed E-state index contributed by atoms with van der Waals surface area (Å²) in [5.74, 6) is -0.0890. The van der Waals surface area contributed by atoms with Crippen LogP contribution in [0.2, 0.25) is 0 Å². The van der Waals surface area contributed by atoms with E-state index in [2.05, 4.69) is 12.2 Å². The van der Waals surface area contributed by atoms with E-state index in [4.69, 9.17) is 11.5 Å². The van der Waals surface area contributed by atoms with Crippen LogP contribution in [0.5, 0.6) is 0 Å². The van der Waals surface area contributed by atoms with Gasteiger partial charge in [0.1, 0.15) is 0 Å². The molecular formula is C8H19N3O. The standard InChI is InChI=1S/C8H19N3O/c1-2-3-4-7(10)8(12)11-6-5-9/h7H,2-6,9-10H2,1H3,(H,11,12)/t7-/m0/s1. The van der Waals surface area contributed by atoms with Gasteiger partial charge in [-0.25, -0.2) is 0 Å². The Bertz CT molecular complexity index is 127. The number of carbonyl (C=O) groups is 1. The van der Waals surface area contributed by atoms with Crippen molar-refractivity contribution in [1.29, 1.82) is 0 Å². The first-order chi connectivity index (χ1) is 5.72. The van der Waals surface area contributed by atoms with E-state index in [1.54, 1.807) is 0 Å². The van der Waals surface area contributed by atoms with E-state index in [0.29, 0.717) is 13.1 Å². The number of hydrogen-bond donors (Lipinski definition) is 3. The first-order valence-electron chi connectivity index (χ1n) is 4.45. The molecule has 0 bridgehead atoms. The molecular weight excluding hydrogens is 154 g/mol. The third kappa shape index (κ3) is 5.09. The minimum absolute atomic E-state index is 0.0890. The molecule has 72 valence electrons. The fraction of sp³-hybridized carbons (Fsp3) is 0.875. The zero-order valence-electron chi connectivity index (χ0n) is 7.68. The predicted octanol–water partition coefficient (Wildman–Crippen LogP) is -0.421. The van der Waals surface area contributed by atoms with Gasteiger partial charge in [-0.1, -0.05) is 19.8 Å². The van der Waals surface area contributed by atoms with Gasteiger partial charge >= 0.3 is 0 Å². The minimum atomic E-state index is -0.364. The second kappa shape index (κ2) is 7.06. The van der Waals surface area contributed by atoms with E-state index >= 15 is 0 Å². The van der Waals surface area contributed by atoms with Gasteiger partial charge in [0.05, 0.1) is 6.04 Å². The Hall–Kier alpha value is -0.610. The molecule has 0 saturated carbocycles. The van der Waals surface area contributed by atoms with Crippen LogP contribution in [-0.2, 0) is 4.79 Å². The predicted molar refractivity (Wildman–Crippen MR) is 49.6 cm³/mol. The number of carbonyl (C=O) groups excluding carboxylic acids is 1. The maximum absolute atomic E-state index is 11.1. The molecule has 4 nitrogen and oxygen atoms in total. The van der Waals surface area contributed by atoms with Gasteiger partial charge in [0, 0.05) is 13.1 Å². The molecule has 0 heterocycles. The van der Waals surface area contributed by atoms with E-state index in [0.717, 1.165) is 19.3 Å². The second-order valence-electron chi connectivity index (χ2n) is 2.83. The Labute approximate surface area is 73.7 Å². The van der Waals surface area contributed by atoms with Crippen LogP contribution in [0.25, 0.3) is 0 Å². The van der Waals surface area contributed by atoms with E-state index in [-0.39, 0.29) is 11.9 Å². The smallest absolute Gasteiger partial charge is 0.236 e. The van der Waals surface area contributed by atoms with Gasteiger partial charge in [-0.2, -0.15) is 0 Å². The highest BCUT2D eigenvalue weighted by Gasteiger charge is 2.10. The molecule has 0 spiro atoms. The second-order valence-corrected chi connectivity index (χ2v) is 2.83. The SMILES string of the molecule is CCCC[C@H](N)C(=O)NCCN. The van der Waals surface area contributed by atoms with Gasteiger partial charge in [0.15, 0.2) is 0 Å². The Balaban J connectivity index is 3.47. The van der Waals surface area contributed by atoms with Crippen molar-refractivity contribution in [1.82, 2.24) is 5.32 Å². The van der Waals surface area contributed by atoms with Crippen molar-refractivity contribution in [3.8, 4) is 0 Å². The Morgan fingerprint density at radius 3 is 2.75 bits per heavy atom. The van der Waals surface area contributed by atoms with Crippen LogP contribution < -0.4 is 16.8 Å². The largest absolute Gasteiger partial charge is 0.353 e. The fourth-order valence-corrected chi connectivity index (χ4v) is 0.882. The van der Waals surface area contributed by atoms with Gasteiger partial charge in [-0.05, 0) is 6.42 Å². The van der Waals surface area contributed by atoms with Gasteiger partial charge < -0.3 is 16.8 Å². The number of amides is 1. The van der Waals surface area contributed by atoms with Gasteiger partial charge in [0.2, 0.25) is 5.91 Å². The van der Waals surface area contributed by atoms with Crippen LogP contribution >= 0.6 is 0 Å². The molecule has 4 heteroatoms. The summed E-state index contributed by atoms with van der Waals surface area (Å²) in [6.07, 6.45) is 2.82. The third-order valence-corrected chi connectivity index (χ3v) is 1.65. The van der Waals surface area contributed by atoms with Crippen LogP contribution in [0.3, 0.4) is 0 Å². The summed E-state index contributed by atoms with van der Waals surface area (Å²) in [6.45, 7) is 3.05. The number of rotatable bonds is 6. The van der Waals surface area contributed by atoms with Gasteiger partial charge in [-0.15, -0.1) is 0 Å². The molecule has 0 aliphatic carbocycles. The summed E-state index contributed by atoms with van der Waals surface area (Å²) in [4.78, 5) is 11.1. The van der Waals surface area contributed by atoms with E-state index < -0.39 is 0 Å². The lowest BCUT2D eigenvalue weighted by Gasteiger charge is -2.10. The molecule has 0 rings (SSSR count). The summed E-state index contributed by atoms with van der Waals surface area (Å²) in [5, 5.41) is 2.65. The molecule has 0 aromatic heterocycles. The normalized spacial score (nSPS) is 12.6. The molecule has 5 N–H and O–H groups in total. The maximum Gasteiger partial charge on any atom is 0.236 e. The van der Waals surface area contributed by atoms with Crippen molar-refractivity contribution in [3.63, 3.8) is 0 Å². The Morgan fingerprint density at radius 2 is 2.25 bits per heavy atom. The topological polar surface area (TPSA) is 81.1 Å². The lowest BCUT2D eigenvalue weighted by Crippen LogP contribution is -2.42. The Kier molecular flexibility index (Phi) is 6.70. The van der Waals surface area contributed by atoms with Crippen LogP contribution in [0.4, 0.5) is 0 Å². The van der Waals surface area contributed by atoms with Gasteiger partial charge in [-0.3, -0.25) is 4.79 Å². The average molecular weight is 173 g/mol. The monoisotopic (exact) mass is 173 g/mol. The number of hydrogen-bond acceptors (Lipinski definition) is 3. The van der Waals surface area contributed by atoms with E-state index in [1.165, 1.54) is 0 Å². The zero-order chi connectivity index (χ0) is 9.40. The Morgan fingerprint density at radius 1 is 1.58 bits per heavy atom.